The molecule has 0 saturated heterocycles. The van der Waals surface area contributed by atoms with Crippen LogP contribution in [0.2, 0.25) is 0 Å². The van der Waals surface area contributed by atoms with Crippen molar-refractivity contribution < 1.29 is 18.7 Å². The van der Waals surface area contributed by atoms with E-state index in [-0.39, 0.29) is 18.9 Å². The quantitative estimate of drug-likeness (QED) is 0.310. The largest absolute Gasteiger partial charge is 0.390 e. The highest BCUT2D eigenvalue weighted by molar-refractivity contribution is 6.04. The van der Waals surface area contributed by atoms with E-state index in [0.717, 1.165) is 34.9 Å². The van der Waals surface area contributed by atoms with Crippen molar-refractivity contribution in [1.29, 1.82) is 0 Å². The summed E-state index contributed by atoms with van der Waals surface area (Å²) < 4.78 is 27.7. The Morgan fingerprint density at radius 1 is 1.05 bits per heavy atom. The highest BCUT2D eigenvalue weighted by atomic mass is 19.1. The first-order valence-electron chi connectivity index (χ1n) is 12.9. The lowest BCUT2D eigenvalue weighted by Gasteiger charge is -2.26. The number of hydrazone groups is 1. The Labute approximate surface area is 222 Å². The molecule has 1 aliphatic heterocycles. The van der Waals surface area contributed by atoms with Crippen molar-refractivity contribution in [2.45, 2.75) is 57.8 Å². The Balaban J connectivity index is 1.41. The van der Waals surface area contributed by atoms with Gasteiger partial charge in [0, 0.05) is 25.6 Å². The zero-order chi connectivity index (χ0) is 27.1. The minimum atomic E-state index is -1.00. The molecular weight excluding hydrogens is 486 g/mol. The second-order valence-electron chi connectivity index (χ2n) is 9.78. The summed E-state index contributed by atoms with van der Waals surface area (Å²) in [4.78, 5) is 13.2. The van der Waals surface area contributed by atoms with Gasteiger partial charge in [-0.1, -0.05) is 61.0 Å². The van der Waals surface area contributed by atoms with Crippen LogP contribution < -0.4 is 16.1 Å². The number of aliphatic hydroxyl groups is 1. The number of amides is 1. The SMILES string of the molecule is CCc1cccc(CNC[C@H](O)[C@@H](Cc2cc(F)cc(F)c2)NC(=O)C2CC(c3ccc(C)cc3)=NN2)c1. The number of carbonyl (C=O) groups is 1. The Hall–Kier alpha value is -3.62. The third kappa shape index (κ3) is 7.46. The molecule has 0 aromatic heterocycles. The number of halogens is 2. The Morgan fingerprint density at radius 2 is 1.76 bits per heavy atom. The van der Waals surface area contributed by atoms with Gasteiger partial charge in [-0.2, -0.15) is 5.10 Å². The summed E-state index contributed by atoms with van der Waals surface area (Å²) in [6, 6.07) is 17.9. The van der Waals surface area contributed by atoms with Crippen LogP contribution in [-0.2, 0) is 24.2 Å². The smallest absolute Gasteiger partial charge is 0.244 e. The summed E-state index contributed by atoms with van der Waals surface area (Å²) >= 11 is 0. The fraction of sp³-hybridized carbons (Fsp3) is 0.333. The van der Waals surface area contributed by atoms with Crippen LogP contribution in [-0.4, -0.2) is 41.5 Å². The molecule has 1 unspecified atom stereocenters. The monoisotopic (exact) mass is 520 g/mol. The van der Waals surface area contributed by atoms with Crippen LogP contribution in [0.4, 0.5) is 8.78 Å². The Morgan fingerprint density at radius 3 is 2.47 bits per heavy atom. The van der Waals surface area contributed by atoms with Crippen LogP contribution in [0.1, 0.15) is 41.2 Å². The summed E-state index contributed by atoms with van der Waals surface area (Å²) in [5, 5.41) is 21.5. The van der Waals surface area contributed by atoms with Gasteiger partial charge in [0.2, 0.25) is 5.91 Å². The van der Waals surface area contributed by atoms with Gasteiger partial charge < -0.3 is 15.7 Å². The topological polar surface area (TPSA) is 85.8 Å². The number of nitrogens with one attached hydrogen (secondary N) is 3. The zero-order valence-corrected chi connectivity index (χ0v) is 21.7. The predicted molar refractivity (Wildman–Crippen MR) is 145 cm³/mol. The molecular formula is C30H34F2N4O2. The Kier molecular flexibility index (Phi) is 9.20. The maximum absolute atomic E-state index is 13.8. The summed E-state index contributed by atoms with van der Waals surface area (Å²) in [6.07, 6.45) is 0.378. The maximum atomic E-state index is 13.8. The summed E-state index contributed by atoms with van der Waals surface area (Å²) in [7, 11) is 0. The minimum absolute atomic E-state index is 0.0625. The molecule has 0 fully saturated rings. The number of benzene rings is 3. The summed E-state index contributed by atoms with van der Waals surface area (Å²) in [5.41, 5.74) is 8.36. The number of nitrogens with zero attached hydrogens (tertiary/aromatic N) is 1. The minimum Gasteiger partial charge on any atom is -0.390 e. The van der Waals surface area contributed by atoms with Gasteiger partial charge >= 0.3 is 0 Å². The van der Waals surface area contributed by atoms with Gasteiger partial charge in [-0.25, -0.2) is 8.78 Å². The molecule has 1 amide bonds. The number of hydrogen-bond donors (Lipinski definition) is 4. The molecule has 0 saturated carbocycles. The molecule has 1 heterocycles. The lowest BCUT2D eigenvalue weighted by Crippen LogP contribution is -2.52. The lowest BCUT2D eigenvalue weighted by molar-refractivity contribution is -0.124. The van der Waals surface area contributed by atoms with E-state index < -0.39 is 29.8 Å². The molecule has 3 aromatic carbocycles. The van der Waals surface area contributed by atoms with Gasteiger partial charge in [0.1, 0.15) is 17.7 Å². The molecule has 38 heavy (non-hydrogen) atoms. The Bertz CT molecular complexity index is 1260. The number of rotatable bonds is 11. The molecule has 1 aliphatic rings. The van der Waals surface area contributed by atoms with Crippen molar-refractivity contribution >= 4 is 11.6 Å². The van der Waals surface area contributed by atoms with Crippen LogP contribution in [0.25, 0.3) is 0 Å². The van der Waals surface area contributed by atoms with Crippen molar-refractivity contribution in [3.05, 3.63) is 106 Å². The molecule has 0 aliphatic carbocycles. The zero-order valence-electron chi connectivity index (χ0n) is 21.7. The first-order valence-corrected chi connectivity index (χ1v) is 12.9. The normalized spacial score (nSPS) is 16.4. The van der Waals surface area contributed by atoms with Crippen molar-refractivity contribution in [3.63, 3.8) is 0 Å². The first kappa shape index (κ1) is 27.4. The van der Waals surface area contributed by atoms with E-state index in [1.165, 1.54) is 17.7 Å². The highest BCUT2D eigenvalue weighted by Crippen LogP contribution is 2.16. The fourth-order valence-corrected chi connectivity index (χ4v) is 4.54. The van der Waals surface area contributed by atoms with Crippen molar-refractivity contribution in [1.82, 2.24) is 16.1 Å². The average Bonchev–Trinajstić information content (AvgIpc) is 3.39. The van der Waals surface area contributed by atoms with Crippen molar-refractivity contribution in [3.8, 4) is 0 Å². The van der Waals surface area contributed by atoms with E-state index in [2.05, 4.69) is 40.2 Å². The molecule has 0 radical (unpaired) electrons. The van der Waals surface area contributed by atoms with E-state index in [1.807, 2.05) is 43.3 Å². The molecule has 3 aromatic rings. The van der Waals surface area contributed by atoms with Gasteiger partial charge in [0.05, 0.1) is 17.9 Å². The molecule has 4 N–H and O–H groups in total. The van der Waals surface area contributed by atoms with Crippen LogP contribution >= 0.6 is 0 Å². The van der Waals surface area contributed by atoms with Crippen LogP contribution in [0, 0.1) is 18.6 Å². The van der Waals surface area contributed by atoms with E-state index in [1.54, 1.807) is 0 Å². The number of aryl methyl sites for hydroxylation is 2. The van der Waals surface area contributed by atoms with Crippen LogP contribution in [0.5, 0.6) is 0 Å². The van der Waals surface area contributed by atoms with Crippen LogP contribution in [0.15, 0.2) is 71.8 Å². The third-order valence-corrected chi connectivity index (χ3v) is 6.71. The van der Waals surface area contributed by atoms with Gasteiger partial charge in [-0.05, 0) is 54.2 Å². The maximum Gasteiger partial charge on any atom is 0.244 e. The standard InChI is InChI=1S/C30H34F2N4O2/c1-3-20-5-4-6-21(11-20)17-33-18-29(37)27(14-22-12-24(31)15-25(32)13-22)34-30(38)28-16-26(35-36-28)23-9-7-19(2)8-10-23/h4-13,15,27-29,33,36-37H,3,14,16-18H2,1-2H3,(H,34,38)/t27-,28?,29+/m1/s1. The van der Waals surface area contributed by atoms with Gasteiger partial charge in [-0.15, -0.1) is 0 Å². The average molecular weight is 521 g/mol. The molecule has 200 valence electrons. The molecule has 0 bridgehead atoms. The van der Waals surface area contributed by atoms with Gasteiger partial charge in [0.15, 0.2) is 0 Å². The summed E-state index contributed by atoms with van der Waals surface area (Å²) in [6.45, 7) is 4.81. The molecule has 8 heteroatoms. The number of carbonyl (C=O) groups excluding carboxylic acids is 1. The van der Waals surface area contributed by atoms with Crippen molar-refractivity contribution in [2.75, 3.05) is 6.54 Å². The summed E-state index contributed by atoms with van der Waals surface area (Å²) in [5.74, 6) is -1.75. The number of aliphatic hydroxyl groups excluding tert-OH is 1. The second kappa shape index (κ2) is 12.8. The third-order valence-electron chi connectivity index (χ3n) is 6.71. The first-order chi connectivity index (χ1) is 18.3. The van der Waals surface area contributed by atoms with E-state index in [4.69, 9.17) is 0 Å². The predicted octanol–water partition coefficient (Wildman–Crippen LogP) is 3.78. The lowest BCUT2D eigenvalue weighted by atomic mass is 9.99. The molecule has 4 rings (SSSR count). The van der Waals surface area contributed by atoms with Crippen LogP contribution in [0.3, 0.4) is 0 Å². The highest BCUT2D eigenvalue weighted by Gasteiger charge is 2.30. The second-order valence-corrected chi connectivity index (χ2v) is 9.78. The molecule has 0 spiro atoms. The van der Waals surface area contributed by atoms with Crippen molar-refractivity contribution in [2.24, 2.45) is 5.10 Å². The number of hydrogen-bond acceptors (Lipinski definition) is 5. The van der Waals surface area contributed by atoms with Gasteiger partial charge in [0.25, 0.3) is 0 Å². The van der Waals surface area contributed by atoms with E-state index in [9.17, 15) is 18.7 Å². The van der Waals surface area contributed by atoms with Gasteiger partial charge in [-0.3, -0.25) is 10.2 Å². The van der Waals surface area contributed by atoms with E-state index in [0.29, 0.717) is 18.5 Å². The molecule has 6 nitrogen and oxygen atoms in total. The molecule has 3 atom stereocenters. The fourth-order valence-electron chi connectivity index (χ4n) is 4.54. The van der Waals surface area contributed by atoms with E-state index >= 15 is 0 Å².